The van der Waals surface area contributed by atoms with Gasteiger partial charge in [-0.15, -0.1) is 0 Å². The van der Waals surface area contributed by atoms with Gasteiger partial charge in [-0.25, -0.2) is 0 Å². The molecule has 190 valence electrons. The molecule has 0 bridgehead atoms. The van der Waals surface area contributed by atoms with Crippen molar-refractivity contribution < 1.29 is 14.3 Å². The molecule has 1 aliphatic rings. The molecule has 1 saturated heterocycles. The highest BCUT2D eigenvalue weighted by Crippen LogP contribution is 2.28. The first-order valence-corrected chi connectivity index (χ1v) is 13.1. The van der Waals surface area contributed by atoms with Gasteiger partial charge in [0, 0.05) is 74.8 Å². The van der Waals surface area contributed by atoms with Crippen LogP contribution in [0.25, 0.3) is 0 Å². The highest BCUT2D eigenvalue weighted by atomic mass is 79.9. The van der Waals surface area contributed by atoms with Crippen LogP contribution in [0, 0.1) is 12.8 Å². The molecule has 0 N–H and O–H groups in total. The lowest BCUT2D eigenvalue weighted by molar-refractivity contribution is -0.139. The summed E-state index contributed by atoms with van der Waals surface area (Å²) in [6.45, 7) is 4.20. The molecule has 2 heterocycles. The largest absolute Gasteiger partial charge is 0.490 e. The Morgan fingerprint density at radius 3 is 2.67 bits per heavy atom. The SMILES string of the molecule is Cc1ccnn1CCC(=O)N1CC[C@H](Oc2cccc(Br)c2)[C@@H](CC(=O)N(C)Cc2ccccc2)C1. The normalized spacial score (nSPS) is 17.6. The molecule has 1 aliphatic heterocycles. The molecule has 0 radical (unpaired) electrons. The van der Waals surface area contributed by atoms with E-state index in [4.69, 9.17) is 4.74 Å². The average Bonchev–Trinajstić information content (AvgIpc) is 3.28. The molecule has 4 rings (SSSR count). The summed E-state index contributed by atoms with van der Waals surface area (Å²) in [5.41, 5.74) is 2.12. The van der Waals surface area contributed by atoms with Gasteiger partial charge in [-0.05, 0) is 36.8 Å². The predicted molar refractivity (Wildman–Crippen MR) is 142 cm³/mol. The highest BCUT2D eigenvalue weighted by Gasteiger charge is 2.35. The number of rotatable bonds is 9. The molecule has 2 amide bonds. The molecule has 8 heteroatoms. The van der Waals surface area contributed by atoms with Crippen molar-refractivity contribution in [3.8, 4) is 5.75 Å². The molecule has 0 saturated carbocycles. The number of carbonyl (C=O) groups is 2. The Hall–Kier alpha value is -3.13. The number of carbonyl (C=O) groups excluding carboxylic acids is 2. The standard InChI is InChI=1S/C28H33BrN4O3/c1-21-11-14-30-33(21)16-13-27(34)32-15-12-26(36-25-10-6-9-24(29)18-25)23(20-32)17-28(35)31(2)19-22-7-4-3-5-8-22/h3-11,14,18,23,26H,12-13,15-17,19-20H2,1-2H3/t23-,26-/m0/s1. The molecular weight excluding hydrogens is 520 g/mol. The van der Waals surface area contributed by atoms with E-state index >= 15 is 0 Å². The summed E-state index contributed by atoms with van der Waals surface area (Å²) >= 11 is 3.50. The summed E-state index contributed by atoms with van der Waals surface area (Å²) in [5, 5.41) is 4.28. The first-order valence-electron chi connectivity index (χ1n) is 12.4. The number of aromatic nitrogens is 2. The van der Waals surface area contributed by atoms with Crippen LogP contribution in [0.15, 0.2) is 71.3 Å². The van der Waals surface area contributed by atoms with Gasteiger partial charge in [-0.1, -0.05) is 52.3 Å². The molecule has 36 heavy (non-hydrogen) atoms. The lowest BCUT2D eigenvalue weighted by Gasteiger charge is -2.39. The number of amides is 2. The van der Waals surface area contributed by atoms with E-state index in [0.29, 0.717) is 45.4 Å². The quantitative estimate of drug-likeness (QED) is 0.386. The molecule has 7 nitrogen and oxygen atoms in total. The summed E-state index contributed by atoms with van der Waals surface area (Å²) in [6.07, 6.45) is 2.99. The first kappa shape index (κ1) is 25.9. The van der Waals surface area contributed by atoms with Gasteiger partial charge in [-0.2, -0.15) is 5.10 Å². The third-order valence-electron chi connectivity index (χ3n) is 6.69. The minimum atomic E-state index is -0.147. The monoisotopic (exact) mass is 552 g/mol. The van der Waals surface area contributed by atoms with Gasteiger partial charge in [0.1, 0.15) is 11.9 Å². The van der Waals surface area contributed by atoms with Gasteiger partial charge in [0.25, 0.3) is 0 Å². The maximum Gasteiger partial charge on any atom is 0.224 e. The molecule has 0 unspecified atom stereocenters. The minimum Gasteiger partial charge on any atom is -0.490 e. The highest BCUT2D eigenvalue weighted by molar-refractivity contribution is 9.10. The van der Waals surface area contributed by atoms with Crippen molar-refractivity contribution in [1.29, 1.82) is 0 Å². The maximum absolute atomic E-state index is 13.2. The molecule has 1 fully saturated rings. The van der Waals surface area contributed by atoms with Gasteiger partial charge < -0.3 is 14.5 Å². The number of aryl methyl sites for hydroxylation is 2. The van der Waals surface area contributed by atoms with Crippen LogP contribution in [0.1, 0.15) is 30.5 Å². The fourth-order valence-corrected chi connectivity index (χ4v) is 5.00. The topological polar surface area (TPSA) is 67.7 Å². The summed E-state index contributed by atoms with van der Waals surface area (Å²) in [4.78, 5) is 29.9. The van der Waals surface area contributed by atoms with Gasteiger partial charge >= 0.3 is 0 Å². The lowest BCUT2D eigenvalue weighted by Crippen LogP contribution is -2.49. The average molecular weight is 554 g/mol. The van der Waals surface area contributed by atoms with E-state index in [1.807, 2.05) is 84.2 Å². The predicted octanol–water partition coefficient (Wildman–Crippen LogP) is 4.69. The third kappa shape index (κ3) is 6.97. The van der Waals surface area contributed by atoms with Crippen LogP contribution in [-0.4, -0.2) is 57.6 Å². The third-order valence-corrected chi connectivity index (χ3v) is 7.19. The second kappa shape index (κ2) is 12.2. The molecule has 0 aliphatic carbocycles. The van der Waals surface area contributed by atoms with E-state index < -0.39 is 0 Å². The molecule has 1 aromatic heterocycles. The number of nitrogens with zero attached hydrogens (tertiary/aromatic N) is 4. The van der Waals surface area contributed by atoms with E-state index in [-0.39, 0.29) is 23.8 Å². The van der Waals surface area contributed by atoms with Crippen LogP contribution in [0.2, 0.25) is 0 Å². The van der Waals surface area contributed by atoms with Gasteiger partial charge in [-0.3, -0.25) is 14.3 Å². The molecule has 2 aromatic carbocycles. The van der Waals surface area contributed by atoms with Crippen molar-refractivity contribution in [3.05, 3.63) is 82.6 Å². The number of hydrogen-bond donors (Lipinski definition) is 0. The zero-order valence-corrected chi connectivity index (χ0v) is 22.4. The van der Waals surface area contributed by atoms with Gasteiger partial charge in [0.15, 0.2) is 0 Å². The van der Waals surface area contributed by atoms with Crippen LogP contribution < -0.4 is 4.74 Å². The van der Waals surface area contributed by atoms with E-state index in [2.05, 4.69) is 21.0 Å². The van der Waals surface area contributed by atoms with Crippen molar-refractivity contribution in [2.24, 2.45) is 5.92 Å². The number of likely N-dealkylation sites (tertiary alicyclic amines) is 1. The Labute approximate surface area is 221 Å². The summed E-state index contributed by atoms with van der Waals surface area (Å²) in [5.74, 6) is 0.797. The Bertz CT molecular complexity index is 1170. The van der Waals surface area contributed by atoms with Crippen LogP contribution in [0.5, 0.6) is 5.75 Å². The molecule has 0 spiro atoms. The lowest BCUT2D eigenvalue weighted by atomic mass is 9.90. The summed E-state index contributed by atoms with van der Waals surface area (Å²) < 4.78 is 9.15. The summed E-state index contributed by atoms with van der Waals surface area (Å²) in [6, 6.07) is 19.6. The smallest absolute Gasteiger partial charge is 0.224 e. The summed E-state index contributed by atoms with van der Waals surface area (Å²) in [7, 11) is 1.83. The van der Waals surface area contributed by atoms with Crippen LogP contribution in [0.3, 0.4) is 0 Å². The number of piperidine rings is 1. The van der Waals surface area contributed by atoms with Crippen molar-refractivity contribution in [3.63, 3.8) is 0 Å². The zero-order chi connectivity index (χ0) is 25.5. The van der Waals surface area contributed by atoms with Crippen LogP contribution in [-0.2, 0) is 22.7 Å². The van der Waals surface area contributed by atoms with Crippen LogP contribution >= 0.6 is 15.9 Å². The van der Waals surface area contributed by atoms with Crippen molar-refractivity contribution >= 4 is 27.7 Å². The number of hydrogen-bond acceptors (Lipinski definition) is 4. The van der Waals surface area contributed by atoms with E-state index in [1.165, 1.54) is 0 Å². The Morgan fingerprint density at radius 1 is 1.14 bits per heavy atom. The number of halogens is 1. The molecular formula is C28H33BrN4O3. The van der Waals surface area contributed by atoms with Crippen molar-refractivity contribution in [2.75, 3.05) is 20.1 Å². The minimum absolute atomic E-state index is 0.0492. The molecule has 3 aromatic rings. The van der Waals surface area contributed by atoms with Gasteiger partial charge in [0.2, 0.25) is 11.8 Å². The fraction of sp³-hybridized carbons (Fsp3) is 0.393. The second-order valence-corrected chi connectivity index (χ2v) is 10.3. The Morgan fingerprint density at radius 2 is 1.94 bits per heavy atom. The zero-order valence-electron chi connectivity index (χ0n) is 20.8. The van der Waals surface area contributed by atoms with E-state index in [9.17, 15) is 9.59 Å². The Balaban J connectivity index is 1.42. The first-order chi connectivity index (χ1) is 17.4. The fourth-order valence-electron chi connectivity index (χ4n) is 4.62. The van der Waals surface area contributed by atoms with Gasteiger partial charge in [0.05, 0.1) is 0 Å². The Kier molecular flexibility index (Phi) is 8.80. The van der Waals surface area contributed by atoms with Crippen molar-refractivity contribution in [1.82, 2.24) is 19.6 Å². The second-order valence-electron chi connectivity index (χ2n) is 9.39. The maximum atomic E-state index is 13.2. The van der Waals surface area contributed by atoms with E-state index in [1.54, 1.807) is 11.1 Å². The molecule has 2 atom stereocenters. The number of benzene rings is 2. The van der Waals surface area contributed by atoms with Crippen molar-refractivity contribution in [2.45, 2.75) is 45.4 Å². The number of ether oxygens (including phenoxy) is 1. The van der Waals surface area contributed by atoms with Crippen LogP contribution in [0.4, 0.5) is 0 Å². The van der Waals surface area contributed by atoms with E-state index in [0.717, 1.165) is 21.5 Å².